The SMILES string of the molecule is O=C(O)CCN1CCN(C(=O)C=Cc2ccc(Cl)c(Cl)c2)CCC1=O. The fourth-order valence-electron chi connectivity index (χ4n) is 2.44. The normalized spacial score (nSPS) is 15.5. The zero-order chi connectivity index (χ0) is 18.4. The molecule has 1 heterocycles. The number of aliphatic carboxylic acids is 1. The smallest absolute Gasteiger partial charge is 0.305 e. The van der Waals surface area contributed by atoms with Gasteiger partial charge in [-0.25, -0.2) is 0 Å². The third-order valence-electron chi connectivity index (χ3n) is 3.86. The van der Waals surface area contributed by atoms with Gasteiger partial charge in [0.25, 0.3) is 0 Å². The molecule has 0 atom stereocenters. The van der Waals surface area contributed by atoms with E-state index < -0.39 is 5.97 Å². The van der Waals surface area contributed by atoms with Crippen LogP contribution >= 0.6 is 23.2 Å². The molecule has 0 aliphatic carbocycles. The molecule has 1 N–H and O–H groups in total. The third kappa shape index (κ3) is 5.76. The number of nitrogens with zero attached hydrogens (tertiary/aromatic N) is 2. The molecule has 0 radical (unpaired) electrons. The van der Waals surface area contributed by atoms with Crippen molar-refractivity contribution in [1.82, 2.24) is 9.80 Å². The Balaban J connectivity index is 1.95. The van der Waals surface area contributed by atoms with Crippen molar-refractivity contribution in [3.05, 3.63) is 39.9 Å². The lowest BCUT2D eigenvalue weighted by Crippen LogP contribution is -2.36. The van der Waals surface area contributed by atoms with Gasteiger partial charge >= 0.3 is 5.97 Å². The molecule has 25 heavy (non-hydrogen) atoms. The zero-order valence-corrected chi connectivity index (χ0v) is 15.0. The number of carbonyl (C=O) groups excluding carboxylic acids is 2. The summed E-state index contributed by atoms with van der Waals surface area (Å²) in [5.74, 6) is -1.29. The van der Waals surface area contributed by atoms with Crippen LogP contribution in [0.15, 0.2) is 24.3 Å². The van der Waals surface area contributed by atoms with Crippen molar-refractivity contribution in [3.8, 4) is 0 Å². The van der Waals surface area contributed by atoms with E-state index in [1.54, 1.807) is 29.2 Å². The lowest BCUT2D eigenvalue weighted by molar-refractivity contribution is -0.138. The summed E-state index contributed by atoms with van der Waals surface area (Å²) < 4.78 is 0. The maximum Gasteiger partial charge on any atom is 0.305 e. The Morgan fingerprint density at radius 3 is 2.60 bits per heavy atom. The summed E-state index contributed by atoms with van der Waals surface area (Å²) in [6.45, 7) is 1.18. The molecule has 134 valence electrons. The summed E-state index contributed by atoms with van der Waals surface area (Å²) in [5, 5.41) is 9.58. The molecule has 1 aliphatic rings. The van der Waals surface area contributed by atoms with Gasteiger partial charge < -0.3 is 14.9 Å². The van der Waals surface area contributed by atoms with Gasteiger partial charge in [0.2, 0.25) is 11.8 Å². The van der Waals surface area contributed by atoms with Crippen molar-refractivity contribution in [1.29, 1.82) is 0 Å². The molecule has 1 aliphatic heterocycles. The molecule has 0 spiro atoms. The highest BCUT2D eigenvalue weighted by atomic mass is 35.5. The first-order chi connectivity index (χ1) is 11.9. The fraction of sp³-hybridized carbons (Fsp3) is 0.353. The predicted octanol–water partition coefficient (Wildman–Crippen LogP) is 2.54. The molecule has 0 aromatic heterocycles. The average molecular weight is 385 g/mol. The minimum atomic E-state index is -0.950. The van der Waals surface area contributed by atoms with E-state index in [0.29, 0.717) is 29.7 Å². The van der Waals surface area contributed by atoms with Gasteiger partial charge in [-0.15, -0.1) is 0 Å². The minimum Gasteiger partial charge on any atom is -0.481 e. The Labute approximate surface area is 155 Å². The van der Waals surface area contributed by atoms with E-state index in [2.05, 4.69) is 0 Å². The molecule has 1 aromatic carbocycles. The summed E-state index contributed by atoms with van der Waals surface area (Å²) >= 11 is 11.8. The monoisotopic (exact) mass is 384 g/mol. The Morgan fingerprint density at radius 2 is 1.92 bits per heavy atom. The number of halogens is 2. The molecule has 0 saturated carbocycles. The lowest BCUT2D eigenvalue weighted by atomic mass is 10.2. The van der Waals surface area contributed by atoms with Gasteiger partial charge in [0.1, 0.15) is 0 Å². The minimum absolute atomic E-state index is 0.100. The first-order valence-electron chi connectivity index (χ1n) is 7.78. The molecule has 6 nitrogen and oxygen atoms in total. The van der Waals surface area contributed by atoms with Gasteiger partial charge in [-0.3, -0.25) is 14.4 Å². The van der Waals surface area contributed by atoms with E-state index in [4.69, 9.17) is 28.3 Å². The summed E-state index contributed by atoms with van der Waals surface area (Å²) in [6, 6.07) is 5.06. The van der Waals surface area contributed by atoms with E-state index in [1.165, 1.54) is 11.0 Å². The Kier molecular flexibility index (Phi) is 6.84. The molecule has 1 fully saturated rings. The Bertz CT molecular complexity index is 706. The van der Waals surface area contributed by atoms with Crippen LogP contribution in [-0.4, -0.2) is 58.9 Å². The Morgan fingerprint density at radius 1 is 1.16 bits per heavy atom. The molecular formula is C17H18Cl2N2O4. The second-order valence-corrected chi connectivity index (χ2v) is 6.42. The lowest BCUT2D eigenvalue weighted by Gasteiger charge is -2.20. The van der Waals surface area contributed by atoms with Crippen LogP contribution < -0.4 is 0 Å². The van der Waals surface area contributed by atoms with Crippen LogP contribution in [-0.2, 0) is 14.4 Å². The molecule has 0 unspecified atom stereocenters. The molecule has 0 bridgehead atoms. The first-order valence-corrected chi connectivity index (χ1v) is 8.54. The molecule has 1 saturated heterocycles. The Hall–Kier alpha value is -2.05. The quantitative estimate of drug-likeness (QED) is 0.791. The number of amides is 2. The highest BCUT2D eigenvalue weighted by Crippen LogP contribution is 2.23. The van der Waals surface area contributed by atoms with Crippen molar-refractivity contribution >= 4 is 47.1 Å². The first kappa shape index (κ1) is 19.3. The maximum atomic E-state index is 12.3. The second kappa shape index (κ2) is 8.87. The van der Waals surface area contributed by atoms with Crippen molar-refractivity contribution in [2.24, 2.45) is 0 Å². The highest BCUT2D eigenvalue weighted by molar-refractivity contribution is 6.42. The van der Waals surface area contributed by atoms with Crippen LogP contribution in [0.2, 0.25) is 10.0 Å². The van der Waals surface area contributed by atoms with Gasteiger partial charge in [0.15, 0.2) is 0 Å². The number of carboxylic acid groups (broad SMARTS) is 1. The van der Waals surface area contributed by atoms with Gasteiger partial charge in [0.05, 0.1) is 16.5 Å². The summed E-state index contributed by atoms with van der Waals surface area (Å²) in [6.07, 6.45) is 3.15. The molecule has 2 rings (SSSR count). The second-order valence-electron chi connectivity index (χ2n) is 5.61. The van der Waals surface area contributed by atoms with E-state index in [-0.39, 0.29) is 31.2 Å². The number of carboxylic acids is 1. The van der Waals surface area contributed by atoms with Gasteiger partial charge in [-0.1, -0.05) is 29.3 Å². The topological polar surface area (TPSA) is 77.9 Å². The van der Waals surface area contributed by atoms with E-state index in [1.807, 2.05) is 0 Å². The standard InChI is InChI=1S/C17H18Cl2N2O4/c18-13-3-1-12(11-14(13)19)2-4-15(22)20-7-5-16(23)21(10-9-20)8-6-17(24)25/h1-4,11H,5-10H2,(H,24,25). The number of hydrogen-bond acceptors (Lipinski definition) is 3. The van der Waals surface area contributed by atoms with Gasteiger partial charge in [-0.05, 0) is 23.8 Å². The average Bonchev–Trinajstić information content (AvgIpc) is 2.75. The number of rotatable bonds is 5. The van der Waals surface area contributed by atoms with Crippen molar-refractivity contribution in [2.45, 2.75) is 12.8 Å². The van der Waals surface area contributed by atoms with Crippen LogP contribution in [0.1, 0.15) is 18.4 Å². The van der Waals surface area contributed by atoms with E-state index in [9.17, 15) is 14.4 Å². The predicted molar refractivity (Wildman–Crippen MR) is 95.5 cm³/mol. The number of benzene rings is 1. The number of carbonyl (C=O) groups is 3. The van der Waals surface area contributed by atoms with Gasteiger partial charge in [-0.2, -0.15) is 0 Å². The van der Waals surface area contributed by atoms with Crippen LogP contribution in [0.5, 0.6) is 0 Å². The van der Waals surface area contributed by atoms with Crippen molar-refractivity contribution in [3.63, 3.8) is 0 Å². The van der Waals surface area contributed by atoms with E-state index >= 15 is 0 Å². The molecule has 2 amide bonds. The van der Waals surface area contributed by atoms with Crippen LogP contribution in [0.4, 0.5) is 0 Å². The fourth-order valence-corrected chi connectivity index (χ4v) is 2.75. The van der Waals surface area contributed by atoms with Crippen molar-refractivity contribution in [2.75, 3.05) is 26.2 Å². The number of hydrogen-bond donors (Lipinski definition) is 1. The van der Waals surface area contributed by atoms with E-state index in [0.717, 1.165) is 5.56 Å². The third-order valence-corrected chi connectivity index (χ3v) is 4.60. The molecular weight excluding hydrogens is 367 g/mol. The summed E-state index contributed by atoms with van der Waals surface area (Å²) in [4.78, 5) is 38.0. The van der Waals surface area contributed by atoms with Crippen LogP contribution in [0.3, 0.4) is 0 Å². The summed E-state index contributed by atoms with van der Waals surface area (Å²) in [7, 11) is 0. The maximum absolute atomic E-state index is 12.3. The van der Waals surface area contributed by atoms with Crippen LogP contribution in [0.25, 0.3) is 6.08 Å². The molecule has 1 aromatic rings. The molecule has 8 heteroatoms. The summed E-state index contributed by atoms with van der Waals surface area (Å²) in [5.41, 5.74) is 0.747. The van der Waals surface area contributed by atoms with Gasteiger partial charge in [0, 0.05) is 38.7 Å². The van der Waals surface area contributed by atoms with Crippen LogP contribution in [0, 0.1) is 0 Å². The zero-order valence-electron chi connectivity index (χ0n) is 13.5. The highest BCUT2D eigenvalue weighted by Gasteiger charge is 2.23. The van der Waals surface area contributed by atoms with Crippen molar-refractivity contribution < 1.29 is 19.5 Å². The largest absolute Gasteiger partial charge is 0.481 e.